The average Bonchev–Trinajstić information content (AvgIpc) is 3.00. The molecule has 1 aliphatic rings. The van der Waals surface area contributed by atoms with Gasteiger partial charge in [-0.1, -0.05) is 0 Å². The van der Waals surface area contributed by atoms with Crippen LogP contribution >= 0.6 is 0 Å². The number of hydrogen-bond acceptors (Lipinski definition) is 5. The molecule has 0 bridgehead atoms. The van der Waals surface area contributed by atoms with E-state index in [1.165, 1.54) is 7.11 Å². The molecule has 1 aromatic heterocycles. The molecule has 7 heteroatoms. The second-order valence-electron chi connectivity index (χ2n) is 5.55. The number of nitro groups is 1. The van der Waals surface area contributed by atoms with Crippen LogP contribution in [0.1, 0.15) is 12.8 Å². The summed E-state index contributed by atoms with van der Waals surface area (Å²) in [6.45, 7) is 1.79. The van der Waals surface area contributed by atoms with E-state index in [4.69, 9.17) is 4.74 Å². The molecule has 1 fully saturated rings. The van der Waals surface area contributed by atoms with E-state index in [9.17, 15) is 10.1 Å². The first-order chi connectivity index (χ1) is 11.1. The maximum atomic E-state index is 11.3. The number of rotatable bonds is 4. The number of hydrogen-bond donors (Lipinski definition) is 0. The smallest absolute Gasteiger partial charge is 0.311 e. The van der Waals surface area contributed by atoms with Gasteiger partial charge in [-0.15, -0.1) is 0 Å². The van der Waals surface area contributed by atoms with Gasteiger partial charge in [-0.2, -0.15) is 5.10 Å². The van der Waals surface area contributed by atoms with Crippen LogP contribution in [0.4, 0.5) is 11.4 Å². The lowest BCUT2D eigenvalue weighted by molar-refractivity contribution is -0.385. The predicted molar refractivity (Wildman–Crippen MR) is 87.6 cm³/mol. The lowest BCUT2D eigenvalue weighted by Gasteiger charge is -2.30. The van der Waals surface area contributed by atoms with Crippen molar-refractivity contribution in [3.8, 4) is 16.9 Å². The number of aromatic nitrogens is 2. The number of nitro benzene ring substituents is 1. The highest BCUT2D eigenvalue weighted by molar-refractivity contribution is 5.82. The van der Waals surface area contributed by atoms with Gasteiger partial charge in [0, 0.05) is 55.3 Å². The zero-order valence-electron chi connectivity index (χ0n) is 13.2. The Balaban J connectivity index is 2.16. The molecule has 3 rings (SSSR count). The van der Waals surface area contributed by atoms with Gasteiger partial charge in [0.2, 0.25) is 0 Å². The third-order valence-electron chi connectivity index (χ3n) is 4.06. The van der Waals surface area contributed by atoms with Gasteiger partial charge in [0.15, 0.2) is 5.75 Å². The summed E-state index contributed by atoms with van der Waals surface area (Å²) in [5, 5.41) is 15.5. The number of aryl methyl sites for hydroxylation is 1. The van der Waals surface area contributed by atoms with E-state index >= 15 is 0 Å². The van der Waals surface area contributed by atoms with Crippen molar-refractivity contribution in [2.75, 3.05) is 25.1 Å². The zero-order chi connectivity index (χ0) is 16.4. The molecule has 7 nitrogen and oxygen atoms in total. The zero-order valence-corrected chi connectivity index (χ0v) is 13.2. The highest BCUT2D eigenvalue weighted by Crippen LogP contribution is 2.40. The molecule has 0 unspecified atom stereocenters. The Bertz CT molecular complexity index is 720. The quantitative estimate of drug-likeness (QED) is 0.641. The van der Waals surface area contributed by atoms with Crippen molar-refractivity contribution in [2.24, 2.45) is 7.05 Å². The number of nitrogens with zero attached hydrogens (tertiary/aromatic N) is 4. The molecule has 0 amide bonds. The van der Waals surface area contributed by atoms with E-state index in [-0.39, 0.29) is 11.4 Å². The van der Waals surface area contributed by atoms with Crippen LogP contribution < -0.4 is 9.64 Å². The molecule has 1 saturated heterocycles. The van der Waals surface area contributed by atoms with Gasteiger partial charge < -0.3 is 9.64 Å². The first kappa shape index (κ1) is 15.3. The Morgan fingerprint density at radius 3 is 2.61 bits per heavy atom. The van der Waals surface area contributed by atoms with E-state index in [1.807, 2.05) is 13.2 Å². The molecule has 0 N–H and O–H groups in total. The summed E-state index contributed by atoms with van der Waals surface area (Å²) >= 11 is 0. The van der Waals surface area contributed by atoms with Gasteiger partial charge in [0.05, 0.1) is 18.2 Å². The van der Waals surface area contributed by atoms with Crippen LogP contribution in [0.25, 0.3) is 11.1 Å². The minimum atomic E-state index is -0.410. The first-order valence-electron chi connectivity index (χ1n) is 7.52. The van der Waals surface area contributed by atoms with Crippen LogP contribution in [0, 0.1) is 16.5 Å². The van der Waals surface area contributed by atoms with E-state index < -0.39 is 4.92 Å². The molecule has 1 radical (unpaired) electrons. The van der Waals surface area contributed by atoms with Crippen molar-refractivity contribution in [3.05, 3.63) is 41.1 Å². The minimum Gasteiger partial charge on any atom is -0.490 e. The Kier molecular flexibility index (Phi) is 4.18. The Morgan fingerprint density at radius 2 is 2.04 bits per heavy atom. The molecule has 0 spiro atoms. The van der Waals surface area contributed by atoms with E-state index in [2.05, 4.69) is 16.4 Å². The van der Waals surface area contributed by atoms with Crippen LogP contribution in [0.2, 0.25) is 0 Å². The van der Waals surface area contributed by atoms with Crippen LogP contribution in [-0.2, 0) is 7.05 Å². The maximum absolute atomic E-state index is 11.3. The molecule has 0 atom stereocenters. The Labute approximate surface area is 134 Å². The van der Waals surface area contributed by atoms with Crippen molar-refractivity contribution in [1.82, 2.24) is 9.78 Å². The monoisotopic (exact) mass is 315 g/mol. The van der Waals surface area contributed by atoms with Crippen LogP contribution in [0.5, 0.6) is 5.75 Å². The molecule has 0 saturated carbocycles. The van der Waals surface area contributed by atoms with Crippen molar-refractivity contribution in [3.63, 3.8) is 0 Å². The van der Waals surface area contributed by atoms with Gasteiger partial charge in [0.25, 0.3) is 0 Å². The predicted octanol–water partition coefficient (Wildman–Crippen LogP) is 2.81. The second-order valence-corrected chi connectivity index (χ2v) is 5.55. The van der Waals surface area contributed by atoms with Crippen LogP contribution in [0.3, 0.4) is 0 Å². The molecule has 23 heavy (non-hydrogen) atoms. The Morgan fingerprint density at radius 1 is 1.30 bits per heavy atom. The van der Waals surface area contributed by atoms with E-state index in [0.29, 0.717) is 0 Å². The summed E-state index contributed by atoms with van der Waals surface area (Å²) in [4.78, 5) is 13.2. The van der Waals surface area contributed by atoms with Crippen LogP contribution in [-0.4, -0.2) is 34.9 Å². The molecular weight excluding hydrogens is 296 g/mol. The van der Waals surface area contributed by atoms with Crippen LogP contribution in [0.15, 0.2) is 24.5 Å². The molecule has 1 aromatic carbocycles. The topological polar surface area (TPSA) is 73.4 Å². The third kappa shape index (κ3) is 2.99. The fourth-order valence-electron chi connectivity index (χ4n) is 2.91. The molecule has 2 aromatic rings. The molecule has 2 heterocycles. The normalized spacial score (nSPS) is 14.8. The molecule has 121 valence electrons. The van der Waals surface area contributed by atoms with Gasteiger partial charge in [-0.3, -0.25) is 14.8 Å². The van der Waals surface area contributed by atoms with Gasteiger partial charge in [-0.25, -0.2) is 0 Å². The van der Waals surface area contributed by atoms with Gasteiger partial charge >= 0.3 is 5.69 Å². The van der Waals surface area contributed by atoms with Gasteiger partial charge in [0.1, 0.15) is 0 Å². The van der Waals surface area contributed by atoms with Crippen molar-refractivity contribution in [2.45, 2.75) is 12.8 Å². The largest absolute Gasteiger partial charge is 0.490 e. The lowest BCUT2D eigenvalue weighted by atomic mass is 10.0. The number of benzene rings is 1. The van der Waals surface area contributed by atoms with Gasteiger partial charge in [-0.05, 0) is 19.3 Å². The lowest BCUT2D eigenvalue weighted by Crippen LogP contribution is -2.30. The number of piperidine rings is 1. The summed E-state index contributed by atoms with van der Waals surface area (Å²) in [6.07, 6.45) is 7.87. The maximum Gasteiger partial charge on any atom is 0.311 e. The summed E-state index contributed by atoms with van der Waals surface area (Å²) in [5.74, 6) is 0.284. The SMILES string of the molecule is COc1cc(N2CC[CH]CC2)c(-c2cnn(C)c2)cc1[N+](=O)[O-]. The van der Waals surface area contributed by atoms with E-state index in [0.717, 1.165) is 42.7 Å². The fourth-order valence-corrected chi connectivity index (χ4v) is 2.91. The summed E-state index contributed by atoms with van der Waals surface area (Å²) in [7, 11) is 3.29. The van der Waals surface area contributed by atoms with E-state index in [1.54, 1.807) is 23.0 Å². The second kappa shape index (κ2) is 6.28. The highest BCUT2D eigenvalue weighted by Gasteiger charge is 2.24. The first-order valence-corrected chi connectivity index (χ1v) is 7.52. The van der Waals surface area contributed by atoms with Crippen molar-refractivity contribution < 1.29 is 9.66 Å². The summed E-state index contributed by atoms with van der Waals surface area (Å²) in [5.41, 5.74) is 2.60. The Hall–Kier alpha value is -2.57. The molecule has 1 aliphatic heterocycles. The third-order valence-corrected chi connectivity index (χ3v) is 4.06. The number of methoxy groups -OCH3 is 1. The fraction of sp³-hybridized carbons (Fsp3) is 0.375. The minimum absolute atomic E-state index is 0.0290. The average molecular weight is 315 g/mol. The highest BCUT2D eigenvalue weighted by atomic mass is 16.6. The summed E-state index contributed by atoms with van der Waals surface area (Å²) < 4.78 is 6.93. The van der Waals surface area contributed by atoms with Crippen molar-refractivity contribution in [1.29, 1.82) is 0 Å². The standard InChI is InChI=1S/C16H19N4O3/c1-18-11-12(10-17-18)13-8-15(20(21)22)16(23-2)9-14(13)19-6-4-3-5-7-19/h3,8-11H,4-7H2,1-2H3. The molecule has 0 aliphatic carbocycles. The number of ether oxygens (including phenoxy) is 1. The van der Waals surface area contributed by atoms with Crippen molar-refractivity contribution >= 4 is 11.4 Å². The summed E-state index contributed by atoms with van der Waals surface area (Å²) in [6, 6.07) is 3.36. The number of anilines is 1. The molecular formula is C16H19N4O3.